The van der Waals surface area contributed by atoms with Crippen LogP contribution in [-0.2, 0) is 25.5 Å². The zero-order chi connectivity index (χ0) is 20.5. The summed E-state index contributed by atoms with van der Waals surface area (Å²) >= 11 is 0. The second-order valence-electron chi connectivity index (χ2n) is 9.12. The topological polar surface area (TPSA) is 71.8 Å². The third-order valence-electron chi connectivity index (χ3n) is 4.97. The van der Waals surface area contributed by atoms with Gasteiger partial charge in [-0.3, -0.25) is 0 Å². The second-order valence-corrected chi connectivity index (χ2v) is 14.7. The molecule has 7 nitrogen and oxygen atoms in total. The highest BCUT2D eigenvalue weighted by molar-refractivity contribution is 6.76. The first-order chi connectivity index (χ1) is 12.4. The van der Waals surface area contributed by atoms with Crippen molar-refractivity contribution >= 4 is 26.8 Å². The van der Waals surface area contributed by atoms with Crippen molar-refractivity contribution < 1.29 is 23.6 Å². The van der Waals surface area contributed by atoms with E-state index in [2.05, 4.69) is 24.6 Å². The highest BCUT2D eigenvalue weighted by atomic mass is 28.3. The number of hydrogen-bond donors (Lipinski definition) is 0. The molecule has 9 heteroatoms. The standard InChI is InChI=1S/C18H33BN2O5Si/c1-9-24-16(22)15-20-14(19-25-17(2,3)18(4,5)26-19)12-21(15)13-23-10-11-27(6,7)8/h12H,9-11,13H2,1-8H3. The lowest BCUT2D eigenvalue weighted by Gasteiger charge is -2.32. The summed E-state index contributed by atoms with van der Waals surface area (Å²) in [4.78, 5) is 16.7. The normalized spacial score (nSPS) is 18.7. The van der Waals surface area contributed by atoms with Gasteiger partial charge in [-0.2, -0.15) is 0 Å². The monoisotopic (exact) mass is 396 g/mol. The largest absolute Gasteiger partial charge is 0.516 e. The molecule has 0 spiro atoms. The Morgan fingerprint density at radius 3 is 2.33 bits per heavy atom. The van der Waals surface area contributed by atoms with Crippen molar-refractivity contribution in [1.29, 1.82) is 0 Å². The Morgan fingerprint density at radius 1 is 1.22 bits per heavy atom. The molecule has 27 heavy (non-hydrogen) atoms. The fraction of sp³-hybridized carbons (Fsp3) is 0.778. The van der Waals surface area contributed by atoms with Gasteiger partial charge in [0, 0.05) is 20.9 Å². The van der Waals surface area contributed by atoms with Gasteiger partial charge in [-0.05, 0) is 40.7 Å². The molecule has 2 heterocycles. The van der Waals surface area contributed by atoms with Gasteiger partial charge in [0.05, 0.1) is 23.4 Å². The second kappa shape index (κ2) is 8.07. The fourth-order valence-corrected chi connectivity index (χ4v) is 3.27. The summed E-state index contributed by atoms with van der Waals surface area (Å²) in [5.74, 6) is -0.274. The zero-order valence-electron chi connectivity index (χ0n) is 17.9. The molecule has 1 aliphatic rings. The molecule has 0 radical (unpaired) electrons. The summed E-state index contributed by atoms with van der Waals surface area (Å²) in [6, 6.07) is 1.06. The number of nitrogens with zero attached hydrogens (tertiary/aromatic N) is 2. The molecule has 0 bridgehead atoms. The minimum atomic E-state index is -1.17. The van der Waals surface area contributed by atoms with Crippen molar-refractivity contribution in [3.8, 4) is 0 Å². The predicted molar refractivity (Wildman–Crippen MR) is 108 cm³/mol. The Kier molecular flexibility index (Phi) is 6.61. The minimum Gasteiger partial charge on any atom is -0.460 e. The third kappa shape index (κ3) is 5.43. The molecule has 152 valence electrons. The lowest BCUT2D eigenvalue weighted by atomic mass is 9.86. The lowest BCUT2D eigenvalue weighted by molar-refractivity contribution is 0.00578. The van der Waals surface area contributed by atoms with Crippen LogP contribution in [0.15, 0.2) is 6.20 Å². The Balaban J connectivity index is 2.17. The smallest absolute Gasteiger partial charge is 0.460 e. The molecule has 0 atom stereocenters. The quantitative estimate of drug-likeness (QED) is 0.382. The Hall–Kier alpha value is -1.16. The number of hydrogen-bond acceptors (Lipinski definition) is 6. The SMILES string of the molecule is CCOC(=O)c1nc(B2OC(C)(C)C(C)(C)O2)cn1COCC[Si](C)(C)C. The average molecular weight is 396 g/mol. The molecule has 1 aliphatic heterocycles. The van der Waals surface area contributed by atoms with Crippen LogP contribution < -0.4 is 5.59 Å². The molecule has 0 aromatic carbocycles. The van der Waals surface area contributed by atoms with Crippen LogP contribution in [0, 0.1) is 0 Å². The number of imidazole rings is 1. The average Bonchev–Trinajstić information content (AvgIpc) is 3.02. The Bertz CT molecular complexity index is 653. The maximum absolute atomic E-state index is 12.3. The van der Waals surface area contributed by atoms with E-state index in [0.717, 1.165) is 6.04 Å². The van der Waals surface area contributed by atoms with E-state index < -0.39 is 32.4 Å². The fourth-order valence-electron chi connectivity index (χ4n) is 2.51. The van der Waals surface area contributed by atoms with Gasteiger partial charge in [0.25, 0.3) is 0 Å². The number of carbonyl (C=O) groups is 1. The molecule has 1 aromatic rings. The van der Waals surface area contributed by atoms with Crippen molar-refractivity contribution in [3.63, 3.8) is 0 Å². The number of carbonyl (C=O) groups excluding carboxylic acids is 1. The molecule has 1 fully saturated rings. The van der Waals surface area contributed by atoms with Crippen LogP contribution in [0.1, 0.15) is 45.2 Å². The van der Waals surface area contributed by atoms with Crippen LogP contribution in [0.3, 0.4) is 0 Å². The van der Waals surface area contributed by atoms with Crippen molar-refractivity contribution in [3.05, 3.63) is 12.0 Å². The lowest BCUT2D eigenvalue weighted by Crippen LogP contribution is -2.41. The first-order valence-corrected chi connectivity index (χ1v) is 13.2. The minimum absolute atomic E-state index is 0.203. The Labute approximate surface area is 163 Å². The van der Waals surface area contributed by atoms with E-state index in [1.54, 1.807) is 17.7 Å². The molecule has 0 amide bonds. The van der Waals surface area contributed by atoms with Gasteiger partial charge in [-0.25, -0.2) is 9.78 Å². The summed E-state index contributed by atoms with van der Waals surface area (Å²) in [6.45, 7) is 17.8. The Morgan fingerprint density at radius 2 is 1.81 bits per heavy atom. The molecule has 0 N–H and O–H groups in total. The van der Waals surface area contributed by atoms with E-state index in [-0.39, 0.29) is 19.2 Å². The van der Waals surface area contributed by atoms with Gasteiger partial charge in [0.1, 0.15) is 6.73 Å². The molecular formula is C18H33BN2O5Si. The highest BCUT2D eigenvalue weighted by Crippen LogP contribution is 2.36. The number of rotatable bonds is 8. The van der Waals surface area contributed by atoms with E-state index in [4.69, 9.17) is 18.8 Å². The number of ether oxygens (including phenoxy) is 2. The van der Waals surface area contributed by atoms with Gasteiger partial charge in [0.2, 0.25) is 5.82 Å². The van der Waals surface area contributed by atoms with Crippen LogP contribution in [0.5, 0.6) is 0 Å². The van der Waals surface area contributed by atoms with E-state index in [0.29, 0.717) is 12.2 Å². The third-order valence-corrected chi connectivity index (χ3v) is 6.68. The summed E-state index contributed by atoms with van der Waals surface area (Å²) in [7, 11) is -1.81. The molecule has 0 unspecified atom stereocenters. The van der Waals surface area contributed by atoms with Crippen LogP contribution in [0.4, 0.5) is 0 Å². The van der Waals surface area contributed by atoms with Crippen LogP contribution in [0.25, 0.3) is 0 Å². The van der Waals surface area contributed by atoms with Gasteiger partial charge in [-0.15, -0.1) is 0 Å². The maximum atomic E-state index is 12.3. The maximum Gasteiger partial charge on any atom is 0.516 e. The predicted octanol–water partition coefficient (Wildman–Crippen LogP) is 2.67. The molecular weight excluding hydrogens is 363 g/mol. The molecule has 1 saturated heterocycles. The molecule has 2 rings (SSSR count). The van der Waals surface area contributed by atoms with E-state index in [1.807, 2.05) is 27.7 Å². The number of esters is 1. The van der Waals surface area contributed by atoms with Crippen molar-refractivity contribution in [1.82, 2.24) is 9.55 Å². The summed E-state index contributed by atoms with van der Waals surface area (Å²) in [5, 5.41) is 0. The van der Waals surface area contributed by atoms with Crippen molar-refractivity contribution in [2.24, 2.45) is 0 Å². The van der Waals surface area contributed by atoms with Crippen LogP contribution >= 0.6 is 0 Å². The van der Waals surface area contributed by atoms with Crippen molar-refractivity contribution in [2.75, 3.05) is 13.2 Å². The van der Waals surface area contributed by atoms with Crippen LogP contribution in [0.2, 0.25) is 25.7 Å². The zero-order valence-corrected chi connectivity index (χ0v) is 18.9. The van der Waals surface area contributed by atoms with Gasteiger partial charge >= 0.3 is 13.1 Å². The van der Waals surface area contributed by atoms with E-state index >= 15 is 0 Å². The van der Waals surface area contributed by atoms with Gasteiger partial charge < -0.3 is 23.3 Å². The molecule has 0 saturated carbocycles. The summed E-state index contributed by atoms with van der Waals surface area (Å²) in [6.07, 6.45) is 1.75. The van der Waals surface area contributed by atoms with Crippen LogP contribution in [-0.4, -0.2) is 55.1 Å². The highest BCUT2D eigenvalue weighted by Gasteiger charge is 2.52. The first-order valence-electron chi connectivity index (χ1n) is 9.54. The van der Waals surface area contributed by atoms with Crippen molar-refractivity contribution in [2.45, 2.75) is 78.2 Å². The van der Waals surface area contributed by atoms with E-state index in [1.165, 1.54) is 0 Å². The molecule has 1 aromatic heterocycles. The summed E-state index contributed by atoms with van der Waals surface area (Å²) < 4.78 is 24.7. The van der Waals surface area contributed by atoms with Gasteiger partial charge in [0.15, 0.2) is 0 Å². The first kappa shape index (κ1) is 22.1. The summed E-state index contributed by atoms with van der Waals surface area (Å²) in [5.41, 5.74) is -0.399. The number of aromatic nitrogens is 2. The van der Waals surface area contributed by atoms with E-state index in [9.17, 15) is 4.79 Å². The molecule has 0 aliphatic carbocycles. The van der Waals surface area contributed by atoms with Gasteiger partial charge in [-0.1, -0.05) is 19.6 Å².